The van der Waals surface area contributed by atoms with Crippen LogP contribution in [0.1, 0.15) is 5.69 Å². The molecular weight excluding hydrogens is 266 g/mol. The highest BCUT2D eigenvalue weighted by Gasteiger charge is 2.57. The van der Waals surface area contributed by atoms with E-state index >= 15 is 0 Å². The maximum absolute atomic E-state index is 12.1. The fourth-order valence-corrected chi connectivity index (χ4v) is 1.12. The molecule has 0 saturated heterocycles. The van der Waals surface area contributed by atoms with E-state index in [0.29, 0.717) is 0 Å². The Morgan fingerprint density at radius 3 is 2.11 bits per heavy atom. The average molecular weight is 274 g/mol. The molecule has 0 radical (unpaired) electrons. The van der Waals surface area contributed by atoms with E-state index in [9.17, 15) is 26.3 Å². The third kappa shape index (κ3) is 4.06. The molecule has 1 heterocycles. The monoisotopic (exact) mass is 274 g/mol. The van der Waals surface area contributed by atoms with E-state index < -0.39 is 25.1 Å². The number of ether oxygens (including phenoxy) is 1. The number of hydrogen-bond donors (Lipinski definition) is 1. The molecule has 1 aromatic heterocycles. The van der Waals surface area contributed by atoms with Gasteiger partial charge in [0.1, 0.15) is 5.82 Å². The molecule has 2 N–H and O–H groups in total. The van der Waals surface area contributed by atoms with Gasteiger partial charge in [-0.2, -0.15) is 26.3 Å². The lowest BCUT2D eigenvalue weighted by Crippen LogP contribution is -2.44. The van der Waals surface area contributed by atoms with Crippen molar-refractivity contribution in [3.8, 4) is 0 Å². The molecule has 0 fully saturated rings. The lowest BCUT2D eigenvalue weighted by atomic mass is 10.3. The summed E-state index contributed by atoms with van der Waals surface area (Å²) in [6, 6.07) is 3.89. The molecule has 102 valence electrons. The van der Waals surface area contributed by atoms with Crippen LogP contribution in [0, 0.1) is 0 Å². The molecule has 0 atom stereocenters. The number of rotatable bonds is 3. The number of anilines is 1. The SMILES string of the molecule is Nc1cccc(COC(C(F)(F)F)C(F)(F)F)n1. The van der Waals surface area contributed by atoms with E-state index in [-0.39, 0.29) is 11.5 Å². The molecule has 1 rings (SSSR count). The molecule has 0 aliphatic rings. The summed E-state index contributed by atoms with van der Waals surface area (Å²) >= 11 is 0. The fraction of sp³-hybridized carbons (Fsp3) is 0.444. The zero-order valence-electron chi connectivity index (χ0n) is 8.72. The molecule has 0 amide bonds. The van der Waals surface area contributed by atoms with Gasteiger partial charge in [-0.05, 0) is 12.1 Å². The van der Waals surface area contributed by atoms with Gasteiger partial charge in [0.15, 0.2) is 0 Å². The molecular formula is C9H8F6N2O. The Kier molecular flexibility index (Phi) is 4.05. The lowest BCUT2D eigenvalue weighted by molar-refractivity contribution is -0.324. The number of alkyl halides is 6. The van der Waals surface area contributed by atoms with Crippen LogP contribution in [0.4, 0.5) is 32.2 Å². The van der Waals surface area contributed by atoms with Crippen LogP contribution in [-0.4, -0.2) is 23.4 Å². The number of hydrogen-bond acceptors (Lipinski definition) is 3. The summed E-state index contributed by atoms with van der Waals surface area (Å²) in [7, 11) is 0. The largest absolute Gasteiger partial charge is 0.423 e. The Hall–Kier alpha value is -1.51. The summed E-state index contributed by atoms with van der Waals surface area (Å²) in [5.41, 5.74) is 5.11. The normalized spacial score (nSPS) is 13.1. The molecule has 0 spiro atoms. The number of pyridine rings is 1. The Bertz CT molecular complexity index is 389. The third-order valence-electron chi connectivity index (χ3n) is 1.82. The van der Waals surface area contributed by atoms with Crippen LogP contribution in [-0.2, 0) is 11.3 Å². The van der Waals surface area contributed by atoms with Crippen LogP contribution in [0.5, 0.6) is 0 Å². The highest BCUT2D eigenvalue weighted by molar-refractivity contribution is 5.28. The second kappa shape index (κ2) is 5.01. The third-order valence-corrected chi connectivity index (χ3v) is 1.82. The number of nitrogen functional groups attached to an aromatic ring is 1. The van der Waals surface area contributed by atoms with Crippen LogP contribution in [0.3, 0.4) is 0 Å². The minimum atomic E-state index is -5.53. The quantitative estimate of drug-likeness (QED) is 0.862. The maximum Gasteiger partial charge on any atom is 0.423 e. The van der Waals surface area contributed by atoms with Gasteiger partial charge in [-0.3, -0.25) is 0 Å². The topological polar surface area (TPSA) is 48.1 Å². The first-order valence-corrected chi connectivity index (χ1v) is 4.57. The molecule has 0 aliphatic heterocycles. The summed E-state index contributed by atoms with van der Waals surface area (Å²) in [4.78, 5) is 3.53. The molecule has 0 unspecified atom stereocenters. The van der Waals surface area contributed by atoms with Gasteiger partial charge in [-0.15, -0.1) is 0 Å². The smallest absolute Gasteiger partial charge is 0.384 e. The van der Waals surface area contributed by atoms with Crippen molar-refractivity contribution in [1.29, 1.82) is 0 Å². The number of halogens is 6. The van der Waals surface area contributed by atoms with E-state index in [1.54, 1.807) is 0 Å². The second-order valence-corrected chi connectivity index (χ2v) is 3.33. The van der Waals surface area contributed by atoms with E-state index in [2.05, 4.69) is 9.72 Å². The molecule has 0 saturated carbocycles. The Morgan fingerprint density at radius 1 is 1.11 bits per heavy atom. The first kappa shape index (κ1) is 14.6. The predicted octanol–water partition coefficient (Wildman–Crippen LogP) is 2.67. The van der Waals surface area contributed by atoms with E-state index in [1.165, 1.54) is 18.2 Å². The maximum atomic E-state index is 12.1. The number of aromatic nitrogens is 1. The van der Waals surface area contributed by atoms with Gasteiger partial charge in [-0.1, -0.05) is 6.07 Å². The van der Waals surface area contributed by atoms with Crippen LogP contribution in [0.25, 0.3) is 0 Å². The molecule has 0 bridgehead atoms. The van der Waals surface area contributed by atoms with Crippen molar-refractivity contribution in [3.05, 3.63) is 23.9 Å². The zero-order valence-corrected chi connectivity index (χ0v) is 8.72. The van der Waals surface area contributed by atoms with Crippen molar-refractivity contribution < 1.29 is 31.1 Å². The lowest BCUT2D eigenvalue weighted by Gasteiger charge is -2.22. The van der Waals surface area contributed by atoms with Crippen molar-refractivity contribution >= 4 is 5.82 Å². The van der Waals surface area contributed by atoms with Gasteiger partial charge in [-0.25, -0.2) is 4.98 Å². The van der Waals surface area contributed by atoms with Gasteiger partial charge in [0, 0.05) is 0 Å². The van der Waals surface area contributed by atoms with Crippen molar-refractivity contribution in [2.75, 3.05) is 5.73 Å². The van der Waals surface area contributed by atoms with E-state index in [0.717, 1.165) is 0 Å². The van der Waals surface area contributed by atoms with Gasteiger partial charge in [0.25, 0.3) is 0 Å². The number of nitrogens with zero attached hydrogens (tertiary/aromatic N) is 1. The van der Waals surface area contributed by atoms with Crippen LogP contribution in [0.2, 0.25) is 0 Å². The van der Waals surface area contributed by atoms with Crippen LogP contribution >= 0.6 is 0 Å². The van der Waals surface area contributed by atoms with E-state index in [4.69, 9.17) is 5.73 Å². The van der Waals surface area contributed by atoms with Crippen LogP contribution in [0.15, 0.2) is 18.2 Å². The molecule has 0 aliphatic carbocycles. The summed E-state index contributed by atoms with van der Waals surface area (Å²) < 4.78 is 76.5. The van der Waals surface area contributed by atoms with Crippen LogP contribution < -0.4 is 5.73 Å². The standard InChI is InChI=1S/C9H8F6N2O/c10-8(11,12)7(9(13,14)15)18-4-5-2-1-3-6(16)17-5/h1-3,7H,4H2,(H2,16,17). The van der Waals surface area contributed by atoms with E-state index in [1.807, 2.05) is 0 Å². The summed E-state index contributed by atoms with van der Waals surface area (Å²) in [5, 5.41) is 0. The summed E-state index contributed by atoms with van der Waals surface area (Å²) in [6.07, 6.45) is -14.9. The highest BCUT2D eigenvalue weighted by atomic mass is 19.4. The zero-order chi connectivity index (χ0) is 14.0. The molecule has 18 heavy (non-hydrogen) atoms. The summed E-state index contributed by atoms with van der Waals surface area (Å²) in [5.74, 6) is -0.0216. The highest BCUT2D eigenvalue weighted by Crippen LogP contribution is 2.36. The average Bonchev–Trinajstić information content (AvgIpc) is 2.13. The van der Waals surface area contributed by atoms with Crippen molar-refractivity contribution in [2.45, 2.75) is 25.1 Å². The minimum absolute atomic E-state index is 0.0216. The summed E-state index contributed by atoms with van der Waals surface area (Å²) in [6.45, 7) is -0.936. The van der Waals surface area contributed by atoms with Gasteiger partial charge >= 0.3 is 12.4 Å². The first-order valence-electron chi connectivity index (χ1n) is 4.57. The van der Waals surface area contributed by atoms with Crippen molar-refractivity contribution in [2.24, 2.45) is 0 Å². The van der Waals surface area contributed by atoms with Gasteiger partial charge < -0.3 is 10.5 Å². The van der Waals surface area contributed by atoms with Gasteiger partial charge in [0.05, 0.1) is 12.3 Å². The Morgan fingerprint density at radius 2 is 1.67 bits per heavy atom. The first-order chi connectivity index (χ1) is 8.10. The molecule has 9 heteroatoms. The Labute approximate surface area is 97.6 Å². The van der Waals surface area contributed by atoms with Crippen molar-refractivity contribution in [1.82, 2.24) is 4.98 Å². The minimum Gasteiger partial charge on any atom is -0.384 e. The molecule has 0 aromatic carbocycles. The van der Waals surface area contributed by atoms with Gasteiger partial charge in [0.2, 0.25) is 6.10 Å². The molecule has 1 aromatic rings. The second-order valence-electron chi connectivity index (χ2n) is 3.33. The van der Waals surface area contributed by atoms with Crippen molar-refractivity contribution in [3.63, 3.8) is 0 Å². The Balaban J connectivity index is 2.75. The molecule has 3 nitrogen and oxygen atoms in total. The fourth-order valence-electron chi connectivity index (χ4n) is 1.12. The predicted molar refractivity (Wildman–Crippen MR) is 49.3 cm³/mol. The number of nitrogens with two attached hydrogens (primary N) is 1.